The van der Waals surface area contributed by atoms with E-state index in [4.69, 9.17) is 4.99 Å². The molecule has 25 heavy (non-hydrogen) atoms. The van der Waals surface area contributed by atoms with Crippen LogP contribution >= 0.6 is 24.0 Å². The Bertz CT molecular complexity index is 693. The van der Waals surface area contributed by atoms with Crippen LogP contribution < -0.4 is 5.32 Å². The summed E-state index contributed by atoms with van der Waals surface area (Å²) in [4.78, 5) is 11.3. The molecule has 2 heterocycles. The molecular formula is C19H25IN4O. The Morgan fingerprint density at radius 2 is 2.20 bits per heavy atom. The third-order valence-corrected chi connectivity index (χ3v) is 4.10. The second kappa shape index (κ2) is 9.72. The molecule has 0 spiro atoms. The predicted octanol–water partition coefficient (Wildman–Crippen LogP) is 2.90. The Balaban J connectivity index is 0.00000225. The molecule has 1 aliphatic heterocycles. The quantitative estimate of drug-likeness (QED) is 0.426. The van der Waals surface area contributed by atoms with Gasteiger partial charge in [-0.3, -0.25) is 4.98 Å². The summed E-state index contributed by atoms with van der Waals surface area (Å²) in [6.45, 7) is 4.99. The van der Waals surface area contributed by atoms with Gasteiger partial charge in [0.05, 0.1) is 18.3 Å². The molecule has 0 unspecified atom stereocenters. The van der Waals surface area contributed by atoms with Crippen LogP contribution in [0.3, 0.4) is 0 Å². The summed E-state index contributed by atoms with van der Waals surface area (Å²) in [5.74, 6) is 0.872. The van der Waals surface area contributed by atoms with Crippen molar-refractivity contribution in [3.8, 4) is 11.3 Å². The molecule has 0 saturated carbocycles. The molecule has 1 aromatic carbocycles. The lowest BCUT2D eigenvalue weighted by Gasteiger charge is -2.21. The van der Waals surface area contributed by atoms with Gasteiger partial charge in [0, 0.05) is 31.4 Å². The molecule has 0 radical (unpaired) electrons. The number of nitrogens with zero attached hydrogens (tertiary/aromatic N) is 3. The second-order valence-corrected chi connectivity index (χ2v) is 5.97. The summed E-state index contributed by atoms with van der Waals surface area (Å²) in [7, 11) is 0. The lowest BCUT2D eigenvalue weighted by Crippen LogP contribution is -2.40. The van der Waals surface area contributed by atoms with Crippen molar-refractivity contribution in [2.24, 2.45) is 4.99 Å². The molecule has 1 aliphatic rings. The lowest BCUT2D eigenvalue weighted by atomic mass is 10.1. The van der Waals surface area contributed by atoms with Gasteiger partial charge in [-0.1, -0.05) is 24.3 Å². The molecule has 1 aromatic heterocycles. The maximum atomic E-state index is 9.73. The highest BCUT2D eigenvalue weighted by Crippen LogP contribution is 2.18. The molecule has 0 aliphatic carbocycles. The number of aromatic nitrogens is 1. The van der Waals surface area contributed by atoms with Gasteiger partial charge in [0.1, 0.15) is 0 Å². The second-order valence-electron chi connectivity index (χ2n) is 5.97. The van der Waals surface area contributed by atoms with Crippen molar-refractivity contribution >= 4 is 29.9 Å². The SMILES string of the molecule is CCNC(=NCc1cccc(-c2ccccn2)c1)N1CC[C@@H](O)C1.I. The molecule has 2 N–H and O–H groups in total. The Labute approximate surface area is 166 Å². The standard InChI is InChI=1S/C19H24N4O.HI/c1-2-20-19(23-11-9-17(24)14-23)22-13-15-6-5-7-16(12-15)18-8-3-4-10-21-18;/h3-8,10,12,17,24H,2,9,11,13-14H2,1H3,(H,20,22);1H/t17-;/m1./s1. The average Bonchev–Trinajstić information content (AvgIpc) is 3.06. The number of β-amino-alcohol motifs (C(OH)–C–C–N with tert-alkyl or cyclic N) is 1. The van der Waals surface area contributed by atoms with Crippen LogP contribution in [0.4, 0.5) is 0 Å². The number of aliphatic imine (C=N–C) groups is 1. The molecule has 1 fully saturated rings. The fourth-order valence-corrected chi connectivity index (χ4v) is 2.89. The van der Waals surface area contributed by atoms with E-state index in [1.54, 1.807) is 0 Å². The molecule has 1 saturated heterocycles. The van der Waals surface area contributed by atoms with Crippen molar-refractivity contribution in [1.29, 1.82) is 0 Å². The number of aliphatic hydroxyl groups excluding tert-OH is 1. The van der Waals surface area contributed by atoms with E-state index in [0.717, 1.165) is 42.3 Å². The first-order chi connectivity index (χ1) is 11.8. The molecule has 5 nitrogen and oxygen atoms in total. The van der Waals surface area contributed by atoms with E-state index >= 15 is 0 Å². The largest absolute Gasteiger partial charge is 0.391 e. The van der Waals surface area contributed by atoms with E-state index in [2.05, 4.69) is 40.3 Å². The number of benzene rings is 1. The highest BCUT2D eigenvalue weighted by atomic mass is 127. The van der Waals surface area contributed by atoms with Crippen LogP contribution in [-0.4, -0.2) is 46.7 Å². The van der Waals surface area contributed by atoms with Gasteiger partial charge >= 0.3 is 0 Å². The van der Waals surface area contributed by atoms with Crippen molar-refractivity contribution in [2.75, 3.05) is 19.6 Å². The summed E-state index contributed by atoms with van der Waals surface area (Å²) in [5, 5.41) is 13.0. The van der Waals surface area contributed by atoms with Crippen LogP contribution in [0.1, 0.15) is 18.9 Å². The van der Waals surface area contributed by atoms with Crippen molar-refractivity contribution < 1.29 is 5.11 Å². The summed E-state index contributed by atoms with van der Waals surface area (Å²) >= 11 is 0. The fourth-order valence-electron chi connectivity index (χ4n) is 2.89. The minimum Gasteiger partial charge on any atom is -0.391 e. The molecule has 3 rings (SSSR count). The monoisotopic (exact) mass is 452 g/mol. The summed E-state index contributed by atoms with van der Waals surface area (Å²) < 4.78 is 0. The van der Waals surface area contributed by atoms with Gasteiger partial charge in [-0.25, -0.2) is 4.99 Å². The zero-order valence-corrected chi connectivity index (χ0v) is 16.8. The minimum absolute atomic E-state index is 0. The number of hydrogen-bond acceptors (Lipinski definition) is 3. The third-order valence-electron chi connectivity index (χ3n) is 4.10. The highest BCUT2D eigenvalue weighted by molar-refractivity contribution is 14.0. The predicted molar refractivity (Wildman–Crippen MR) is 112 cm³/mol. The maximum Gasteiger partial charge on any atom is 0.194 e. The number of aliphatic hydroxyl groups is 1. The zero-order chi connectivity index (χ0) is 16.8. The third kappa shape index (κ3) is 5.40. The van der Waals surface area contributed by atoms with Crippen molar-refractivity contribution in [3.63, 3.8) is 0 Å². The van der Waals surface area contributed by atoms with Gasteiger partial charge in [-0.05, 0) is 37.1 Å². The number of guanidine groups is 1. The van der Waals surface area contributed by atoms with Gasteiger partial charge in [0.2, 0.25) is 0 Å². The molecule has 1 atom stereocenters. The fraction of sp³-hybridized carbons (Fsp3) is 0.368. The first-order valence-corrected chi connectivity index (χ1v) is 8.48. The first kappa shape index (κ1) is 19.7. The highest BCUT2D eigenvalue weighted by Gasteiger charge is 2.22. The smallest absolute Gasteiger partial charge is 0.194 e. The van der Waals surface area contributed by atoms with E-state index < -0.39 is 0 Å². The van der Waals surface area contributed by atoms with Gasteiger partial charge < -0.3 is 15.3 Å². The Morgan fingerprint density at radius 1 is 1.32 bits per heavy atom. The van der Waals surface area contributed by atoms with Gasteiger partial charge in [0.15, 0.2) is 5.96 Å². The molecule has 134 valence electrons. The van der Waals surface area contributed by atoms with E-state index in [0.29, 0.717) is 13.1 Å². The Morgan fingerprint density at radius 3 is 2.88 bits per heavy atom. The first-order valence-electron chi connectivity index (χ1n) is 8.48. The number of hydrogen-bond donors (Lipinski definition) is 2. The van der Waals surface area contributed by atoms with Crippen LogP contribution in [0, 0.1) is 0 Å². The molecular weight excluding hydrogens is 427 g/mol. The number of nitrogens with one attached hydrogen (secondary N) is 1. The Kier molecular flexibility index (Phi) is 7.64. The van der Waals surface area contributed by atoms with Crippen LogP contribution in [0.5, 0.6) is 0 Å². The van der Waals surface area contributed by atoms with E-state index in [1.807, 2.05) is 30.5 Å². The van der Waals surface area contributed by atoms with Gasteiger partial charge in [0.25, 0.3) is 0 Å². The summed E-state index contributed by atoms with van der Waals surface area (Å²) in [6, 6.07) is 14.3. The zero-order valence-electron chi connectivity index (χ0n) is 14.4. The van der Waals surface area contributed by atoms with Gasteiger partial charge in [-0.2, -0.15) is 0 Å². The number of pyridine rings is 1. The summed E-state index contributed by atoms with van der Waals surface area (Å²) in [6.07, 6.45) is 2.36. The number of rotatable bonds is 4. The number of halogens is 1. The van der Waals surface area contributed by atoms with Crippen LogP contribution in [0.15, 0.2) is 53.7 Å². The van der Waals surface area contributed by atoms with Crippen molar-refractivity contribution in [3.05, 3.63) is 54.2 Å². The van der Waals surface area contributed by atoms with Crippen LogP contribution in [0.25, 0.3) is 11.3 Å². The summed E-state index contributed by atoms with van der Waals surface area (Å²) in [5.41, 5.74) is 3.22. The van der Waals surface area contributed by atoms with Crippen molar-refractivity contribution in [1.82, 2.24) is 15.2 Å². The molecule has 0 bridgehead atoms. The number of likely N-dealkylation sites (tertiary alicyclic amines) is 1. The van der Waals surface area contributed by atoms with E-state index in [9.17, 15) is 5.11 Å². The minimum atomic E-state index is -0.249. The van der Waals surface area contributed by atoms with Crippen molar-refractivity contribution in [2.45, 2.75) is 26.0 Å². The molecule has 2 aromatic rings. The normalized spacial score (nSPS) is 17.3. The van der Waals surface area contributed by atoms with Crippen LogP contribution in [-0.2, 0) is 6.54 Å². The molecule has 0 amide bonds. The van der Waals surface area contributed by atoms with E-state index in [-0.39, 0.29) is 30.1 Å². The maximum absolute atomic E-state index is 9.73. The molecule has 6 heteroatoms. The van der Waals surface area contributed by atoms with E-state index in [1.165, 1.54) is 0 Å². The van der Waals surface area contributed by atoms with Gasteiger partial charge in [-0.15, -0.1) is 24.0 Å². The van der Waals surface area contributed by atoms with Crippen LogP contribution in [0.2, 0.25) is 0 Å². The topological polar surface area (TPSA) is 60.8 Å². The Hall–Kier alpha value is -1.67. The lowest BCUT2D eigenvalue weighted by molar-refractivity contribution is 0.188. The average molecular weight is 452 g/mol.